The van der Waals surface area contributed by atoms with Gasteiger partial charge in [-0.2, -0.15) is 0 Å². The molecule has 0 spiro atoms. The summed E-state index contributed by atoms with van der Waals surface area (Å²) in [6.07, 6.45) is 2.49. The molecule has 7 nitrogen and oxygen atoms in total. The van der Waals surface area contributed by atoms with Gasteiger partial charge in [-0.25, -0.2) is 0 Å². The van der Waals surface area contributed by atoms with E-state index >= 15 is 0 Å². The Morgan fingerprint density at radius 1 is 0.968 bits per heavy atom. The molecule has 0 aromatic heterocycles. The molecular formula is C24H26N2O5. The molecule has 1 saturated heterocycles. The minimum atomic E-state index is -0.334. The van der Waals surface area contributed by atoms with Gasteiger partial charge in [0.05, 0.1) is 37.4 Å². The molecule has 1 heterocycles. The van der Waals surface area contributed by atoms with Gasteiger partial charge in [0.2, 0.25) is 11.8 Å². The number of imide groups is 1. The molecule has 2 aliphatic rings. The number of hydrogen-bond donors (Lipinski definition) is 1. The third-order valence-electron chi connectivity index (χ3n) is 6.23. The Kier molecular flexibility index (Phi) is 5.67. The molecule has 1 saturated carbocycles. The summed E-state index contributed by atoms with van der Waals surface area (Å²) in [4.78, 5) is 39.8. The number of benzene rings is 2. The maximum atomic E-state index is 12.9. The molecule has 0 bridgehead atoms. The predicted octanol–water partition coefficient (Wildman–Crippen LogP) is 3.88. The predicted molar refractivity (Wildman–Crippen MR) is 116 cm³/mol. The second kappa shape index (κ2) is 8.41. The fourth-order valence-electron chi connectivity index (χ4n) is 4.51. The van der Waals surface area contributed by atoms with Crippen LogP contribution in [0.4, 0.5) is 11.4 Å². The molecule has 31 heavy (non-hydrogen) atoms. The van der Waals surface area contributed by atoms with Gasteiger partial charge in [0.15, 0.2) is 0 Å². The van der Waals surface area contributed by atoms with Crippen LogP contribution in [0.2, 0.25) is 0 Å². The lowest BCUT2D eigenvalue weighted by atomic mass is 9.76. The maximum Gasteiger partial charge on any atom is 0.255 e. The van der Waals surface area contributed by atoms with Crippen LogP contribution >= 0.6 is 0 Å². The zero-order valence-electron chi connectivity index (χ0n) is 17.9. The number of amides is 3. The van der Waals surface area contributed by atoms with Crippen molar-refractivity contribution in [2.75, 3.05) is 24.4 Å². The van der Waals surface area contributed by atoms with Crippen LogP contribution in [0.15, 0.2) is 42.5 Å². The Hall–Kier alpha value is -3.35. The molecule has 4 rings (SSSR count). The number of fused-ring (bicyclic) bond motifs is 1. The van der Waals surface area contributed by atoms with Crippen molar-refractivity contribution in [1.82, 2.24) is 0 Å². The normalized spacial score (nSPS) is 22.8. The van der Waals surface area contributed by atoms with Gasteiger partial charge >= 0.3 is 0 Å². The highest BCUT2D eigenvalue weighted by molar-refractivity contribution is 6.22. The van der Waals surface area contributed by atoms with Gasteiger partial charge < -0.3 is 14.8 Å². The first kappa shape index (κ1) is 20.9. The lowest BCUT2D eigenvalue weighted by molar-refractivity contribution is -0.122. The van der Waals surface area contributed by atoms with Crippen molar-refractivity contribution in [3.8, 4) is 11.5 Å². The van der Waals surface area contributed by atoms with Crippen LogP contribution in [-0.2, 0) is 9.59 Å². The molecule has 1 aliphatic heterocycles. The number of hydrogen-bond acceptors (Lipinski definition) is 5. The van der Waals surface area contributed by atoms with E-state index < -0.39 is 0 Å². The molecule has 1 N–H and O–H groups in total. The molecule has 2 aromatic rings. The van der Waals surface area contributed by atoms with E-state index in [4.69, 9.17) is 9.47 Å². The molecule has 3 amide bonds. The lowest BCUT2D eigenvalue weighted by Crippen LogP contribution is -2.30. The Morgan fingerprint density at radius 2 is 1.68 bits per heavy atom. The number of anilines is 2. The van der Waals surface area contributed by atoms with E-state index in [9.17, 15) is 14.4 Å². The highest BCUT2D eigenvalue weighted by Crippen LogP contribution is 2.42. The van der Waals surface area contributed by atoms with Crippen molar-refractivity contribution in [3.63, 3.8) is 0 Å². The van der Waals surface area contributed by atoms with Gasteiger partial charge in [-0.15, -0.1) is 0 Å². The third kappa shape index (κ3) is 3.87. The smallest absolute Gasteiger partial charge is 0.255 e. The van der Waals surface area contributed by atoms with Gasteiger partial charge in [0.25, 0.3) is 5.91 Å². The van der Waals surface area contributed by atoms with Crippen molar-refractivity contribution in [2.45, 2.75) is 26.2 Å². The number of nitrogens with one attached hydrogen (secondary N) is 1. The van der Waals surface area contributed by atoms with Crippen LogP contribution in [-0.4, -0.2) is 31.9 Å². The van der Waals surface area contributed by atoms with Crippen LogP contribution in [0.5, 0.6) is 11.5 Å². The van der Waals surface area contributed by atoms with Crippen LogP contribution in [0.1, 0.15) is 36.5 Å². The second-order valence-corrected chi connectivity index (χ2v) is 8.21. The van der Waals surface area contributed by atoms with Crippen molar-refractivity contribution in [1.29, 1.82) is 0 Å². The average Bonchev–Trinajstić information content (AvgIpc) is 3.03. The zero-order valence-corrected chi connectivity index (χ0v) is 17.9. The maximum absolute atomic E-state index is 12.9. The van der Waals surface area contributed by atoms with Crippen molar-refractivity contribution in [2.24, 2.45) is 17.8 Å². The third-order valence-corrected chi connectivity index (χ3v) is 6.23. The van der Waals surface area contributed by atoms with E-state index in [-0.39, 0.29) is 29.6 Å². The fraction of sp³-hybridized carbons (Fsp3) is 0.375. The summed E-state index contributed by atoms with van der Waals surface area (Å²) in [5, 5.41) is 2.81. The number of carbonyl (C=O) groups is 3. The zero-order chi connectivity index (χ0) is 22.1. The van der Waals surface area contributed by atoms with E-state index in [1.165, 1.54) is 12.0 Å². The Balaban J connectivity index is 1.52. The summed E-state index contributed by atoms with van der Waals surface area (Å²) >= 11 is 0. The number of carbonyl (C=O) groups excluding carboxylic acids is 3. The number of ether oxygens (including phenoxy) is 2. The summed E-state index contributed by atoms with van der Waals surface area (Å²) in [6.45, 7) is 2.13. The quantitative estimate of drug-likeness (QED) is 0.739. The van der Waals surface area contributed by atoms with E-state index in [0.29, 0.717) is 34.4 Å². The highest BCUT2D eigenvalue weighted by atomic mass is 16.5. The Morgan fingerprint density at radius 3 is 2.35 bits per heavy atom. The van der Waals surface area contributed by atoms with Crippen LogP contribution in [0.3, 0.4) is 0 Å². The van der Waals surface area contributed by atoms with E-state index in [1.807, 2.05) is 0 Å². The molecule has 7 heteroatoms. The molecule has 2 fully saturated rings. The molecule has 3 atom stereocenters. The van der Waals surface area contributed by atoms with Gasteiger partial charge in [0, 0.05) is 11.6 Å². The Bertz CT molecular complexity index is 1020. The number of rotatable bonds is 5. The minimum Gasteiger partial charge on any atom is -0.497 e. The lowest BCUT2D eigenvalue weighted by Gasteiger charge is -2.25. The Labute approximate surface area is 181 Å². The largest absolute Gasteiger partial charge is 0.497 e. The van der Waals surface area contributed by atoms with E-state index in [0.717, 1.165) is 19.3 Å². The second-order valence-electron chi connectivity index (χ2n) is 8.21. The molecule has 2 aromatic carbocycles. The fourth-order valence-corrected chi connectivity index (χ4v) is 4.51. The van der Waals surface area contributed by atoms with Crippen molar-refractivity contribution in [3.05, 3.63) is 48.0 Å². The summed E-state index contributed by atoms with van der Waals surface area (Å²) in [5.74, 6) is 0.536. The van der Waals surface area contributed by atoms with Crippen LogP contribution in [0.25, 0.3) is 0 Å². The standard InChI is InChI=1S/C24H26N2O5/c1-14-4-10-18-19(12-14)24(29)26(23(18)28)16-7-5-15(6-8-16)22(27)25-20-13-17(30-2)9-11-21(20)31-3/h5-9,11,13-14,18-19H,4,10,12H2,1-3H3,(H,25,27)/t14-,18-,19+/m1/s1. The average molecular weight is 422 g/mol. The highest BCUT2D eigenvalue weighted by Gasteiger charge is 2.49. The summed E-state index contributed by atoms with van der Waals surface area (Å²) < 4.78 is 10.5. The van der Waals surface area contributed by atoms with Crippen molar-refractivity contribution >= 4 is 29.1 Å². The van der Waals surface area contributed by atoms with Gasteiger partial charge in [-0.3, -0.25) is 19.3 Å². The van der Waals surface area contributed by atoms with Crippen LogP contribution < -0.4 is 19.7 Å². The van der Waals surface area contributed by atoms with E-state index in [1.54, 1.807) is 49.6 Å². The molecule has 0 unspecified atom stereocenters. The monoisotopic (exact) mass is 422 g/mol. The SMILES string of the molecule is COc1ccc(OC)c(NC(=O)c2ccc(N3C(=O)[C@H]4C[C@H](C)CC[C@H]4C3=O)cc2)c1. The summed E-state index contributed by atoms with van der Waals surface area (Å²) in [5.41, 5.74) is 1.39. The van der Waals surface area contributed by atoms with Gasteiger partial charge in [-0.05, 0) is 61.6 Å². The summed E-state index contributed by atoms with van der Waals surface area (Å²) in [6, 6.07) is 11.6. The number of methoxy groups -OCH3 is 2. The number of nitrogens with zero attached hydrogens (tertiary/aromatic N) is 1. The molecular weight excluding hydrogens is 396 g/mol. The van der Waals surface area contributed by atoms with Gasteiger partial charge in [-0.1, -0.05) is 6.92 Å². The van der Waals surface area contributed by atoms with Gasteiger partial charge in [0.1, 0.15) is 11.5 Å². The minimum absolute atomic E-state index is 0.125. The summed E-state index contributed by atoms with van der Waals surface area (Å²) in [7, 11) is 3.07. The topological polar surface area (TPSA) is 84.9 Å². The first-order valence-corrected chi connectivity index (χ1v) is 10.4. The van der Waals surface area contributed by atoms with Crippen molar-refractivity contribution < 1.29 is 23.9 Å². The molecule has 1 aliphatic carbocycles. The first-order valence-electron chi connectivity index (χ1n) is 10.4. The molecule has 162 valence electrons. The first-order chi connectivity index (χ1) is 14.9. The van der Waals surface area contributed by atoms with E-state index in [2.05, 4.69) is 12.2 Å². The van der Waals surface area contributed by atoms with Crippen LogP contribution in [0, 0.1) is 17.8 Å². The molecule has 0 radical (unpaired) electrons.